The maximum atomic E-state index is 5.80. The molecule has 0 heterocycles. The molecule has 1 aromatic rings. The minimum absolute atomic E-state index is 0.532. The molecule has 5 nitrogen and oxygen atoms in total. The molecule has 1 aliphatic rings. The van der Waals surface area contributed by atoms with Gasteiger partial charge in [-0.3, -0.25) is 4.99 Å². The molecular formula is C19H32N4OS. The van der Waals surface area contributed by atoms with Crippen LogP contribution in [0, 0.1) is 0 Å². The molecule has 1 aliphatic carbocycles. The number of nitrogens with one attached hydrogen (secondary N) is 2. The Bertz CT molecular complexity index is 550. The highest BCUT2D eigenvalue weighted by Crippen LogP contribution is 2.28. The number of nitrogens with zero attached hydrogens (tertiary/aromatic N) is 2. The summed E-state index contributed by atoms with van der Waals surface area (Å²) < 4.78 is 5.80. The second-order valence-corrected chi connectivity index (χ2v) is 7.88. The number of aliphatic imine (C=N–C) groups is 1. The summed E-state index contributed by atoms with van der Waals surface area (Å²) in [6, 6.07) is 8.78. The summed E-state index contributed by atoms with van der Waals surface area (Å²) in [5, 5.41) is 7.75. The number of likely N-dealkylation sites (N-methyl/N-ethyl adjacent to an activating group) is 1. The van der Waals surface area contributed by atoms with Crippen LogP contribution in [-0.2, 0) is 6.54 Å². The van der Waals surface area contributed by atoms with Crippen molar-refractivity contribution in [1.29, 1.82) is 0 Å². The average molecular weight is 365 g/mol. The summed E-state index contributed by atoms with van der Waals surface area (Å²) in [4.78, 5) is 6.48. The molecule has 1 fully saturated rings. The molecule has 2 rings (SSSR count). The summed E-state index contributed by atoms with van der Waals surface area (Å²) in [6.07, 6.45) is 5.94. The molecule has 0 aromatic heterocycles. The largest absolute Gasteiger partial charge is 0.492 e. The monoisotopic (exact) mass is 364 g/mol. The molecular weight excluding hydrogens is 332 g/mol. The number of ether oxygens (including phenoxy) is 1. The normalized spacial score (nSPS) is 20.8. The topological polar surface area (TPSA) is 48.9 Å². The van der Waals surface area contributed by atoms with Crippen molar-refractivity contribution in [2.75, 3.05) is 40.6 Å². The Morgan fingerprint density at radius 2 is 2.20 bits per heavy atom. The van der Waals surface area contributed by atoms with Gasteiger partial charge in [-0.15, -0.1) is 0 Å². The molecule has 1 aromatic carbocycles. The van der Waals surface area contributed by atoms with Gasteiger partial charge < -0.3 is 20.3 Å². The maximum absolute atomic E-state index is 5.80. The van der Waals surface area contributed by atoms with Gasteiger partial charge in [0.15, 0.2) is 5.96 Å². The van der Waals surface area contributed by atoms with E-state index in [2.05, 4.69) is 38.9 Å². The van der Waals surface area contributed by atoms with E-state index in [0.29, 0.717) is 12.6 Å². The van der Waals surface area contributed by atoms with Gasteiger partial charge in [0.1, 0.15) is 12.4 Å². The summed E-state index contributed by atoms with van der Waals surface area (Å²) in [5.41, 5.74) is 1.19. The molecule has 0 bridgehead atoms. The first-order valence-corrected chi connectivity index (χ1v) is 10.3. The van der Waals surface area contributed by atoms with Crippen LogP contribution in [0.15, 0.2) is 29.3 Å². The Morgan fingerprint density at radius 3 is 2.88 bits per heavy atom. The SMILES string of the molecule is CN=C(NCc1cccc(OCCN(C)C)c1)NC1CCC(SC)C1. The van der Waals surface area contributed by atoms with E-state index in [-0.39, 0.29) is 0 Å². The van der Waals surface area contributed by atoms with Crippen LogP contribution in [0.1, 0.15) is 24.8 Å². The first-order valence-electron chi connectivity index (χ1n) is 8.97. The van der Waals surface area contributed by atoms with E-state index in [1.165, 1.54) is 24.8 Å². The van der Waals surface area contributed by atoms with E-state index in [4.69, 9.17) is 4.74 Å². The molecule has 0 spiro atoms. The minimum atomic E-state index is 0.532. The van der Waals surface area contributed by atoms with Gasteiger partial charge >= 0.3 is 0 Å². The minimum Gasteiger partial charge on any atom is -0.492 e. The average Bonchev–Trinajstić information content (AvgIpc) is 3.06. The number of guanidine groups is 1. The highest BCUT2D eigenvalue weighted by Gasteiger charge is 2.24. The lowest BCUT2D eigenvalue weighted by molar-refractivity contribution is 0.261. The van der Waals surface area contributed by atoms with Crippen molar-refractivity contribution in [2.24, 2.45) is 4.99 Å². The van der Waals surface area contributed by atoms with Gasteiger partial charge in [-0.25, -0.2) is 0 Å². The lowest BCUT2D eigenvalue weighted by Gasteiger charge is -2.17. The maximum Gasteiger partial charge on any atom is 0.191 e. The Morgan fingerprint density at radius 1 is 1.36 bits per heavy atom. The highest BCUT2D eigenvalue weighted by atomic mass is 32.2. The van der Waals surface area contributed by atoms with Crippen LogP contribution in [0.25, 0.3) is 0 Å². The molecule has 0 saturated heterocycles. The Balaban J connectivity index is 1.79. The van der Waals surface area contributed by atoms with Gasteiger partial charge in [0.05, 0.1) is 0 Å². The number of benzene rings is 1. The molecule has 0 radical (unpaired) electrons. The lowest BCUT2D eigenvalue weighted by Crippen LogP contribution is -2.42. The predicted molar refractivity (Wildman–Crippen MR) is 109 cm³/mol. The molecule has 6 heteroatoms. The standard InChI is InChI=1S/C19H32N4OS/c1-20-19(22-16-8-9-18(13-16)25-4)21-14-15-6-5-7-17(12-15)24-11-10-23(2)3/h5-7,12,16,18H,8-11,13-14H2,1-4H3,(H2,20,21,22). The molecule has 25 heavy (non-hydrogen) atoms. The van der Waals surface area contributed by atoms with Crippen molar-refractivity contribution in [3.8, 4) is 5.75 Å². The van der Waals surface area contributed by atoms with E-state index >= 15 is 0 Å². The summed E-state index contributed by atoms with van der Waals surface area (Å²) in [5.74, 6) is 1.80. The fourth-order valence-electron chi connectivity index (χ4n) is 2.95. The van der Waals surface area contributed by atoms with Gasteiger partial charge in [0.25, 0.3) is 0 Å². The van der Waals surface area contributed by atoms with Crippen LogP contribution in [0.5, 0.6) is 5.75 Å². The van der Waals surface area contributed by atoms with Crippen molar-refractivity contribution in [2.45, 2.75) is 37.1 Å². The van der Waals surface area contributed by atoms with Crippen LogP contribution in [0.2, 0.25) is 0 Å². The van der Waals surface area contributed by atoms with E-state index in [0.717, 1.165) is 30.0 Å². The van der Waals surface area contributed by atoms with Crippen LogP contribution < -0.4 is 15.4 Å². The molecule has 2 N–H and O–H groups in total. The zero-order valence-electron chi connectivity index (χ0n) is 15.9. The lowest BCUT2D eigenvalue weighted by atomic mass is 10.2. The van der Waals surface area contributed by atoms with E-state index in [9.17, 15) is 0 Å². The van der Waals surface area contributed by atoms with Crippen LogP contribution >= 0.6 is 11.8 Å². The van der Waals surface area contributed by atoms with Gasteiger partial charge in [-0.05, 0) is 57.3 Å². The molecule has 0 amide bonds. The molecule has 140 valence electrons. The molecule has 2 atom stereocenters. The van der Waals surface area contributed by atoms with Gasteiger partial charge in [-0.2, -0.15) is 11.8 Å². The molecule has 1 saturated carbocycles. The summed E-state index contributed by atoms with van der Waals surface area (Å²) >= 11 is 1.97. The molecule has 0 aliphatic heterocycles. The fraction of sp³-hybridized carbons (Fsp3) is 0.632. The third-order valence-corrected chi connectivity index (χ3v) is 5.54. The van der Waals surface area contributed by atoms with Crippen molar-refractivity contribution in [1.82, 2.24) is 15.5 Å². The smallest absolute Gasteiger partial charge is 0.191 e. The fourth-order valence-corrected chi connectivity index (χ4v) is 3.75. The van der Waals surface area contributed by atoms with Crippen molar-refractivity contribution in [3.05, 3.63) is 29.8 Å². The van der Waals surface area contributed by atoms with Gasteiger partial charge in [0, 0.05) is 31.4 Å². The molecule has 2 unspecified atom stereocenters. The number of thioether (sulfide) groups is 1. The summed E-state index contributed by atoms with van der Waals surface area (Å²) in [6.45, 7) is 2.35. The summed E-state index contributed by atoms with van der Waals surface area (Å²) in [7, 11) is 5.93. The van der Waals surface area contributed by atoms with Crippen LogP contribution in [0.3, 0.4) is 0 Å². The van der Waals surface area contributed by atoms with Crippen LogP contribution in [-0.4, -0.2) is 62.7 Å². The van der Waals surface area contributed by atoms with E-state index in [1.54, 1.807) is 0 Å². The van der Waals surface area contributed by atoms with E-state index < -0.39 is 0 Å². The van der Waals surface area contributed by atoms with Gasteiger partial charge in [-0.1, -0.05) is 12.1 Å². The number of hydrogen-bond acceptors (Lipinski definition) is 4. The van der Waals surface area contributed by atoms with Crippen molar-refractivity contribution >= 4 is 17.7 Å². The van der Waals surface area contributed by atoms with E-state index in [1.807, 2.05) is 45.0 Å². The quantitative estimate of drug-likeness (QED) is 0.548. The number of rotatable bonds is 8. The van der Waals surface area contributed by atoms with Crippen molar-refractivity contribution < 1.29 is 4.74 Å². The zero-order valence-corrected chi connectivity index (χ0v) is 16.7. The first-order chi connectivity index (χ1) is 12.1. The Labute approximate surface area is 156 Å². The predicted octanol–water partition coefficient (Wildman–Crippen LogP) is 2.58. The Kier molecular flexibility index (Phi) is 8.41. The second kappa shape index (κ2) is 10.6. The number of hydrogen-bond donors (Lipinski definition) is 2. The third-order valence-electron chi connectivity index (χ3n) is 4.45. The van der Waals surface area contributed by atoms with Gasteiger partial charge in [0.2, 0.25) is 0 Å². The second-order valence-electron chi connectivity index (χ2n) is 6.74. The Hall–Kier alpha value is -1.40. The van der Waals surface area contributed by atoms with Crippen LogP contribution in [0.4, 0.5) is 0 Å². The first kappa shape index (κ1) is 19.9. The zero-order chi connectivity index (χ0) is 18.1. The third kappa shape index (κ3) is 7.16. The highest BCUT2D eigenvalue weighted by molar-refractivity contribution is 7.99. The van der Waals surface area contributed by atoms with Crippen molar-refractivity contribution in [3.63, 3.8) is 0 Å².